The Morgan fingerprint density at radius 1 is 1.50 bits per heavy atom. The molecule has 0 spiro atoms. The first-order valence-electron chi connectivity index (χ1n) is 5.80. The van der Waals surface area contributed by atoms with Crippen LogP contribution in [0.5, 0.6) is 5.88 Å². The van der Waals surface area contributed by atoms with Crippen molar-refractivity contribution in [3.05, 3.63) is 18.3 Å². The Labute approximate surface area is 96.4 Å². The van der Waals surface area contributed by atoms with E-state index in [0.717, 1.165) is 0 Å². The smallest absolute Gasteiger partial charge is 0.213 e. The molecule has 1 aliphatic heterocycles. The lowest BCUT2D eigenvalue weighted by Crippen LogP contribution is -2.40. The average molecular weight is 221 g/mol. The Morgan fingerprint density at radius 3 is 3.06 bits per heavy atom. The van der Waals surface area contributed by atoms with Crippen molar-refractivity contribution >= 4 is 5.69 Å². The molecular weight excluding hydrogens is 202 g/mol. The van der Waals surface area contributed by atoms with Gasteiger partial charge in [-0.2, -0.15) is 0 Å². The van der Waals surface area contributed by atoms with Gasteiger partial charge in [-0.15, -0.1) is 0 Å². The standard InChI is InChI=1S/C12H19N3O/c1-15-7-3-2-4-11(15)9-16-12-6-5-10(13)8-14-12/h5-6,8,11H,2-4,7,9,13H2,1H3. The number of aromatic nitrogens is 1. The predicted octanol–water partition coefficient (Wildman–Crippen LogP) is 1.53. The highest BCUT2D eigenvalue weighted by Gasteiger charge is 2.19. The second-order valence-corrected chi connectivity index (χ2v) is 4.37. The fourth-order valence-electron chi connectivity index (χ4n) is 2.01. The molecule has 1 aromatic heterocycles. The van der Waals surface area contributed by atoms with Gasteiger partial charge in [-0.05, 0) is 32.5 Å². The molecule has 4 heteroatoms. The fourth-order valence-corrected chi connectivity index (χ4v) is 2.01. The molecule has 88 valence electrons. The van der Waals surface area contributed by atoms with E-state index in [1.807, 2.05) is 12.1 Å². The molecule has 0 saturated carbocycles. The summed E-state index contributed by atoms with van der Waals surface area (Å²) in [5.74, 6) is 0.660. The van der Waals surface area contributed by atoms with Gasteiger partial charge >= 0.3 is 0 Å². The topological polar surface area (TPSA) is 51.4 Å². The lowest BCUT2D eigenvalue weighted by atomic mass is 10.0. The van der Waals surface area contributed by atoms with Crippen molar-refractivity contribution in [2.75, 3.05) is 25.9 Å². The van der Waals surface area contributed by atoms with Gasteiger partial charge in [0.15, 0.2) is 0 Å². The van der Waals surface area contributed by atoms with Gasteiger partial charge in [0.2, 0.25) is 5.88 Å². The minimum Gasteiger partial charge on any atom is -0.476 e. The maximum absolute atomic E-state index is 5.66. The van der Waals surface area contributed by atoms with Crippen molar-refractivity contribution in [3.63, 3.8) is 0 Å². The molecule has 1 aromatic rings. The van der Waals surface area contributed by atoms with Crippen LogP contribution < -0.4 is 10.5 Å². The third kappa shape index (κ3) is 2.85. The number of likely N-dealkylation sites (N-methyl/N-ethyl adjacent to an activating group) is 1. The third-order valence-corrected chi connectivity index (χ3v) is 3.10. The quantitative estimate of drug-likeness (QED) is 0.841. The molecule has 0 aliphatic carbocycles. The second-order valence-electron chi connectivity index (χ2n) is 4.37. The molecule has 1 saturated heterocycles. The zero-order chi connectivity index (χ0) is 11.4. The summed E-state index contributed by atoms with van der Waals surface area (Å²) in [7, 11) is 2.16. The van der Waals surface area contributed by atoms with E-state index in [0.29, 0.717) is 24.2 Å². The number of rotatable bonds is 3. The van der Waals surface area contributed by atoms with Crippen LogP contribution >= 0.6 is 0 Å². The summed E-state index contributed by atoms with van der Waals surface area (Å²) < 4.78 is 5.66. The maximum atomic E-state index is 5.66. The van der Waals surface area contributed by atoms with Gasteiger partial charge in [0, 0.05) is 12.1 Å². The van der Waals surface area contributed by atoms with Crippen LogP contribution in [0.1, 0.15) is 19.3 Å². The van der Waals surface area contributed by atoms with Crippen molar-refractivity contribution in [3.8, 4) is 5.88 Å². The molecule has 0 amide bonds. The Bertz CT molecular complexity index is 326. The van der Waals surface area contributed by atoms with Crippen LogP contribution in [0.25, 0.3) is 0 Å². The minimum atomic E-state index is 0.521. The van der Waals surface area contributed by atoms with Gasteiger partial charge in [-0.25, -0.2) is 4.98 Å². The molecule has 0 bridgehead atoms. The molecule has 2 heterocycles. The summed E-state index contributed by atoms with van der Waals surface area (Å²) in [6, 6.07) is 4.15. The number of pyridine rings is 1. The molecule has 4 nitrogen and oxygen atoms in total. The number of nitrogen functional groups attached to an aromatic ring is 1. The van der Waals surface area contributed by atoms with Crippen LogP contribution in [0, 0.1) is 0 Å². The molecule has 16 heavy (non-hydrogen) atoms. The van der Waals surface area contributed by atoms with E-state index in [9.17, 15) is 0 Å². The summed E-state index contributed by atoms with van der Waals surface area (Å²) in [6.07, 6.45) is 5.44. The van der Waals surface area contributed by atoms with Crippen molar-refractivity contribution in [2.24, 2.45) is 0 Å². The molecule has 0 radical (unpaired) electrons. The van der Waals surface area contributed by atoms with E-state index in [4.69, 9.17) is 10.5 Å². The Morgan fingerprint density at radius 2 is 2.38 bits per heavy atom. The number of nitrogens with two attached hydrogens (primary N) is 1. The van der Waals surface area contributed by atoms with Gasteiger partial charge in [0.05, 0.1) is 11.9 Å². The van der Waals surface area contributed by atoms with E-state index in [1.54, 1.807) is 6.20 Å². The molecule has 0 aromatic carbocycles. The third-order valence-electron chi connectivity index (χ3n) is 3.10. The molecular formula is C12H19N3O. The van der Waals surface area contributed by atoms with Crippen molar-refractivity contribution in [1.82, 2.24) is 9.88 Å². The van der Waals surface area contributed by atoms with Gasteiger partial charge in [-0.1, -0.05) is 6.42 Å². The highest BCUT2D eigenvalue weighted by atomic mass is 16.5. The molecule has 2 N–H and O–H groups in total. The summed E-state index contributed by atoms with van der Waals surface area (Å²) in [6.45, 7) is 1.89. The summed E-state index contributed by atoms with van der Waals surface area (Å²) >= 11 is 0. The van der Waals surface area contributed by atoms with E-state index in [2.05, 4.69) is 16.9 Å². The zero-order valence-electron chi connectivity index (χ0n) is 9.72. The van der Waals surface area contributed by atoms with Gasteiger partial charge in [0.25, 0.3) is 0 Å². The molecule has 1 aliphatic rings. The number of ether oxygens (including phenoxy) is 1. The van der Waals surface area contributed by atoms with Crippen LogP contribution in [-0.4, -0.2) is 36.1 Å². The Hall–Kier alpha value is -1.29. The van der Waals surface area contributed by atoms with Gasteiger partial charge < -0.3 is 15.4 Å². The highest BCUT2D eigenvalue weighted by Crippen LogP contribution is 2.16. The first-order chi connectivity index (χ1) is 7.75. The lowest BCUT2D eigenvalue weighted by Gasteiger charge is -2.31. The number of piperidine rings is 1. The summed E-state index contributed by atoms with van der Waals surface area (Å²) in [5, 5.41) is 0. The van der Waals surface area contributed by atoms with E-state index in [1.165, 1.54) is 25.8 Å². The number of hydrogen-bond donors (Lipinski definition) is 1. The second kappa shape index (κ2) is 5.16. The first kappa shape index (κ1) is 11.2. The van der Waals surface area contributed by atoms with Crippen LogP contribution in [-0.2, 0) is 0 Å². The van der Waals surface area contributed by atoms with Crippen LogP contribution in [0.3, 0.4) is 0 Å². The molecule has 1 unspecified atom stereocenters. The van der Waals surface area contributed by atoms with Gasteiger partial charge in [0.1, 0.15) is 6.61 Å². The van der Waals surface area contributed by atoms with Crippen molar-refractivity contribution in [2.45, 2.75) is 25.3 Å². The molecule has 1 fully saturated rings. The average Bonchev–Trinajstić information content (AvgIpc) is 2.30. The number of anilines is 1. The van der Waals surface area contributed by atoms with E-state index in [-0.39, 0.29) is 0 Å². The van der Waals surface area contributed by atoms with Crippen molar-refractivity contribution in [1.29, 1.82) is 0 Å². The van der Waals surface area contributed by atoms with Crippen LogP contribution in [0.4, 0.5) is 5.69 Å². The van der Waals surface area contributed by atoms with Gasteiger partial charge in [-0.3, -0.25) is 0 Å². The fraction of sp³-hybridized carbons (Fsp3) is 0.583. The van der Waals surface area contributed by atoms with Crippen LogP contribution in [0.15, 0.2) is 18.3 Å². The van der Waals surface area contributed by atoms with E-state index < -0.39 is 0 Å². The molecule has 2 rings (SSSR count). The maximum Gasteiger partial charge on any atom is 0.213 e. The Kier molecular flexibility index (Phi) is 3.62. The highest BCUT2D eigenvalue weighted by molar-refractivity contribution is 5.35. The summed E-state index contributed by atoms with van der Waals surface area (Å²) in [4.78, 5) is 6.48. The predicted molar refractivity (Wildman–Crippen MR) is 64.4 cm³/mol. The monoisotopic (exact) mass is 221 g/mol. The number of nitrogens with zero attached hydrogens (tertiary/aromatic N) is 2. The zero-order valence-corrected chi connectivity index (χ0v) is 9.72. The lowest BCUT2D eigenvalue weighted by molar-refractivity contribution is 0.122. The van der Waals surface area contributed by atoms with E-state index >= 15 is 0 Å². The summed E-state index contributed by atoms with van der Waals surface area (Å²) in [5.41, 5.74) is 6.23. The first-order valence-corrected chi connectivity index (χ1v) is 5.80. The number of likely N-dealkylation sites (tertiary alicyclic amines) is 1. The normalized spacial score (nSPS) is 21.9. The SMILES string of the molecule is CN1CCCCC1COc1ccc(N)cn1. The number of hydrogen-bond acceptors (Lipinski definition) is 4. The molecule has 1 atom stereocenters. The van der Waals surface area contributed by atoms with Crippen molar-refractivity contribution < 1.29 is 4.74 Å². The van der Waals surface area contributed by atoms with Crippen LogP contribution in [0.2, 0.25) is 0 Å². The minimum absolute atomic E-state index is 0.521. The largest absolute Gasteiger partial charge is 0.476 e. The Balaban J connectivity index is 1.84.